The number of hydrogen-bond donors (Lipinski definition) is 0. The smallest absolute Gasteiger partial charge is 0.339 e. The molecule has 0 heterocycles. The Morgan fingerprint density at radius 2 is 1.12 bits per heavy atom. The lowest BCUT2D eigenvalue weighted by molar-refractivity contribution is -0.139. The molecule has 2 rings (SSSR count). The van der Waals surface area contributed by atoms with Crippen LogP contribution in [-0.2, 0) is 19.0 Å². The number of benzene rings is 1. The number of carbonyl (C=O) groups is 3. The number of hydrogen-bond acceptors (Lipinski definition) is 6. The quantitative estimate of drug-likeness (QED) is 0.0655. The minimum atomic E-state index is -0.444. The van der Waals surface area contributed by atoms with Gasteiger partial charge in [0.25, 0.3) is 0 Å². The van der Waals surface area contributed by atoms with Crippen molar-refractivity contribution in [3.8, 4) is 0 Å². The Balaban J connectivity index is 0.000000525. The maximum atomic E-state index is 12.4. The molecule has 1 fully saturated rings. The Morgan fingerprint density at radius 1 is 0.667 bits per heavy atom. The van der Waals surface area contributed by atoms with E-state index in [2.05, 4.69) is 20.4 Å². The van der Waals surface area contributed by atoms with Crippen molar-refractivity contribution in [2.45, 2.75) is 136 Å². The van der Waals surface area contributed by atoms with Gasteiger partial charge in [-0.3, -0.25) is 0 Å². The van der Waals surface area contributed by atoms with Crippen LogP contribution in [0.3, 0.4) is 0 Å². The highest BCUT2D eigenvalue weighted by atomic mass is 16.5. The van der Waals surface area contributed by atoms with E-state index in [9.17, 15) is 14.4 Å². The molecule has 6 heteroatoms. The van der Waals surface area contributed by atoms with Gasteiger partial charge in [-0.1, -0.05) is 129 Å². The lowest BCUT2D eigenvalue weighted by Crippen LogP contribution is -2.15. The number of carbonyl (C=O) groups excluding carboxylic acids is 3. The Bertz CT molecular complexity index is 838. The largest absolute Gasteiger partial charge is 0.462 e. The molecule has 0 unspecified atom stereocenters. The van der Waals surface area contributed by atoms with Crippen LogP contribution in [0.15, 0.2) is 36.4 Å². The minimum absolute atomic E-state index is 0.249. The van der Waals surface area contributed by atoms with Gasteiger partial charge in [0.1, 0.15) is 0 Å². The average Bonchev–Trinajstić information content (AvgIpc) is 3.00. The van der Waals surface area contributed by atoms with Gasteiger partial charge in [0.05, 0.1) is 30.9 Å². The summed E-state index contributed by atoms with van der Waals surface area (Å²) < 4.78 is 15.8. The molecule has 0 amide bonds. The van der Waals surface area contributed by atoms with E-state index in [0.29, 0.717) is 36.5 Å². The Labute approximate surface area is 256 Å². The molecule has 0 atom stereocenters. The summed E-state index contributed by atoms with van der Waals surface area (Å²) in [5.41, 5.74) is 1.08. The lowest BCUT2D eigenvalue weighted by Gasteiger charge is -2.20. The van der Waals surface area contributed by atoms with Crippen molar-refractivity contribution in [1.29, 1.82) is 0 Å². The average molecular weight is 587 g/mol. The van der Waals surface area contributed by atoms with Gasteiger partial charge in [-0.2, -0.15) is 0 Å². The van der Waals surface area contributed by atoms with Gasteiger partial charge >= 0.3 is 17.9 Å². The van der Waals surface area contributed by atoms with Crippen molar-refractivity contribution in [2.24, 2.45) is 5.92 Å². The Hall–Kier alpha value is -2.63. The third kappa shape index (κ3) is 18.0. The summed E-state index contributed by atoms with van der Waals surface area (Å²) in [5.74, 6) is -0.358. The number of esters is 3. The van der Waals surface area contributed by atoms with Gasteiger partial charge in [0, 0.05) is 5.57 Å². The van der Waals surface area contributed by atoms with Crippen molar-refractivity contribution < 1.29 is 28.6 Å². The Morgan fingerprint density at radius 3 is 1.57 bits per heavy atom. The highest BCUT2D eigenvalue weighted by Crippen LogP contribution is 2.26. The molecule has 0 N–H and O–H groups in total. The molecule has 0 radical (unpaired) electrons. The molecule has 0 aromatic heterocycles. The summed E-state index contributed by atoms with van der Waals surface area (Å²) in [6.07, 6.45) is 21.3. The molecule has 1 aromatic rings. The number of rotatable bonds is 20. The first-order chi connectivity index (χ1) is 20.4. The molecule has 1 aliphatic rings. The fraction of sp³-hybridized carbons (Fsp3) is 0.694. The molecule has 0 bridgehead atoms. The molecule has 0 spiro atoms. The maximum absolute atomic E-state index is 12.4. The van der Waals surface area contributed by atoms with E-state index in [1.165, 1.54) is 83.5 Å². The summed E-state index contributed by atoms with van der Waals surface area (Å²) in [5, 5.41) is 0. The van der Waals surface area contributed by atoms with Crippen LogP contribution >= 0.6 is 0 Å². The van der Waals surface area contributed by atoms with Crippen LogP contribution in [0.4, 0.5) is 0 Å². The molecular weight excluding hydrogens is 528 g/mol. The van der Waals surface area contributed by atoms with Gasteiger partial charge in [-0.25, -0.2) is 14.4 Å². The maximum Gasteiger partial charge on any atom is 0.339 e. The highest BCUT2D eigenvalue weighted by Gasteiger charge is 2.19. The van der Waals surface area contributed by atoms with E-state index in [1.54, 1.807) is 31.2 Å². The Kier molecular flexibility index (Phi) is 22.2. The van der Waals surface area contributed by atoms with Gasteiger partial charge < -0.3 is 14.2 Å². The van der Waals surface area contributed by atoms with Crippen molar-refractivity contribution >= 4 is 17.9 Å². The summed E-state index contributed by atoms with van der Waals surface area (Å²) in [6.45, 7) is 11.0. The predicted octanol–water partition coefficient (Wildman–Crippen LogP) is 9.80. The van der Waals surface area contributed by atoms with Gasteiger partial charge in [-0.05, 0) is 44.2 Å². The minimum Gasteiger partial charge on any atom is -0.462 e. The van der Waals surface area contributed by atoms with E-state index in [-0.39, 0.29) is 5.97 Å². The SMILES string of the molecule is C=C(C)C(=O)OCCC1CCCCC1.CCCCCCCCOC(=O)c1ccccc1C(=O)OCCCCCCCC. The van der Waals surface area contributed by atoms with E-state index in [0.717, 1.165) is 38.0 Å². The molecule has 42 heavy (non-hydrogen) atoms. The van der Waals surface area contributed by atoms with Gasteiger partial charge in [0.15, 0.2) is 0 Å². The molecule has 6 nitrogen and oxygen atoms in total. The summed E-state index contributed by atoms with van der Waals surface area (Å²) in [6, 6.07) is 6.74. The van der Waals surface area contributed by atoms with Crippen LogP contribution in [0.1, 0.15) is 157 Å². The molecular formula is C36H58O6. The second-order valence-electron chi connectivity index (χ2n) is 11.6. The normalized spacial score (nSPS) is 13.0. The van der Waals surface area contributed by atoms with E-state index in [4.69, 9.17) is 14.2 Å². The van der Waals surface area contributed by atoms with Gasteiger partial charge in [-0.15, -0.1) is 0 Å². The number of ether oxygens (including phenoxy) is 3. The van der Waals surface area contributed by atoms with Crippen molar-refractivity contribution in [3.05, 3.63) is 47.5 Å². The predicted molar refractivity (Wildman–Crippen MR) is 171 cm³/mol. The first-order valence-corrected chi connectivity index (χ1v) is 16.7. The third-order valence-electron chi connectivity index (χ3n) is 7.66. The standard InChI is InChI=1S/C24H38O4.C12H20O2/c1-3-5-7-9-11-15-19-27-23(25)21-17-13-14-18-22(21)24(26)28-20-16-12-10-8-6-4-2;1-10(2)12(13)14-9-8-11-6-4-3-5-7-11/h13-14,17-18H,3-12,15-16,19-20H2,1-2H3;11H,1,3-9H2,2H3. The monoisotopic (exact) mass is 586 g/mol. The third-order valence-corrected chi connectivity index (χ3v) is 7.66. The second-order valence-corrected chi connectivity index (χ2v) is 11.6. The first kappa shape index (κ1) is 37.4. The van der Waals surface area contributed by atoms with Crippen molar-refractivity contribution in [3.63, 3.8) is 0 Å². The molecule has 1 saturated carbocycles. The summed E-state index contributed by atoms with van der Waals surface area (Å²) in [4.78, 5) is 35.8. The highest BCUT2D eigenvalue weighted by molar-refractivity contribution is 6.03. The van der Waals surface area contributed by atoms with Crippen LogP contribution in [0.2, 0.25) is 0 Å². The fourth-order valence-electron chi connectivity index (χ4n) is 5.01. The van der Waals surface area contributed by atoms with Crippen LogP contribution in [-0.4, -0.2) is 37.7 Å². The zero-order valence-electron chi connectivity index (χ0n) is 26.9. The lowest BCUT2D eigenvalue weighted by atomic mass is 9.87. The molecule has 1 aromatic carbocycles. The summed E-state index contributed by atoms with van der Waals surface area (Å²) >= 11 is 0. The van der Waals surface area contributed by atoms with E-state index < -0.39 is 11.9 Å². The van der Waals surface area contributed by atoms with E-state index >= 15 is 0 Å². The zero-order valence-corrected chi connectivity index (χ0v) is 26.9. The second kappa shape index (κ2) is 24.9. The van der Waals surface area contributed by atoms with Crippen LogP contribution in [0, 0.1) is 5.92 Å². The molecule has 238 valence electrons. The van der Waals surface area contributed by atoms with Crippen LogP contribution in [0.5, 0.6) is 0 Å². The fourth-order valence-corrected chi connectivity index (χ4v) is 5.01. The zero-order chi connectivity index (χ0) is 30.8. The summed E-state index contributed by atoms with van der Waals surface area (Å²) in [7, 11) is 0. The first-order valence-electron chi connectivity index (χ1n) is 16.7. The van der Waals surface area contributed by atoms with Crippen molar-refractivity contribution in [2.75, 3.05) is 19.8 Å². The topological polar surface area (TPSA) is 78.9 Å². The van der Waals surface area contributed by atoms with Crippen LogP contribution < -0.4 is 0 Å². The van der Waals surface area contributed by atoms with Gasteiger partial charge in [0.2, 0.25) is 0 Å². The molecule has 1 aliphatic carbocycles. The van der Waals surface area contributed by atoms with E-state index in [1.807, 2.05) is 0 Å². The number of unbranched alkanes of at least 4 members (excludes halogenated alkanes) is 10. The van der Waals surface area contributed by atoms with Crippen LogP contribution in [0.25, 0.3) is 0 Å². The molecule has 0 saturated heterocycles. The molecule has 0 aliphatic heterocycles. The van der Waals surface area contributed by atoms with Crippen molar-refractivity contribution in [1.82, 2.24) is 0 Å².